The van der Waals surface area contributed by atoms with Gasteiger partial charge in [0.1, 0.15) is 0 Å². The quantitative estimate of drug-likeness (QED) is 0.390. The maximum Gasteiger partial charge on any atom is 0.321 e. The highest BCUT2D eigenvalue weighted by Crippen LogP contribution is 2.33. The number of carbonyl (C=O) groups excluding carboxylic acids is 4. The second-order valence-electron chi connectivity index (χ2n) is 8.51. The molecule has 0 bridgehead atoms. The van der Waals surface area contributed by atoms with Crippen LogP contribution in [0.5, 0.6) is 0 Å². The molecule has 10 nitrogen and oxygen atoms in total. The highest BCUT2D eigenvalue weighted by atomic mass is 16.4. The van der Waals surface area contributed by atoms with Crippen molar-refractivity contribution in [2.75, 3.05) is 13.1 Å². The summed E-state index contributed by atoms with van der Waals surface area (Å²) in [6.45, 7) is -0.264. The SMILES string of the molecule is O=C1c2ccccc2C(=O)N1CCCC(CCCN1C(=O)c2ccccc2C1=O)(C(=O)O)C(=O)O. The van der Waals surface area contributed by atoms with Crippen LogP contribution >= 0.6 is 0 Å². The van der Waals surface area contributed by atoms with Crippen molar-refractivity contribution in [3.63, 3.8) is 0 Å². The van der Waals surface area contributed by atoms with Crippen molar-refractivity contribution in [3.8, 4) is 0 Å². The van der Waals surface area contributed by atoms with Crippen LogP contribution < -0.4 is 0 Å². The van der Waals surface area contributed by atoms with Crippen molar-refractivity contribution in [2.45, 2.75) is 25.7 Å². The van der Waals surface area contributed by atoms with Crippen molar-refractivity contribution in [2.24, 2.45) is 5.41 Å². The van der Waals surface area contributed by atoms with E-state index in [1.807, 2.05) is 0 Å². The molecule has 2 aromatic carbocycles. The molecular weight excluding hydrogens is 456 g/mol. The number of hydrogen-bond acceptors (Lipinski definition) is 6. The normalized spacial score (nSPS) is 15.0. The molecule has 0 aromatic heterocycles. The van der Waals surface area contributed by atoms with Crippen LogP contribution in [-0.2, 0) is 9.59 Å². The van der Waals surface area contributed by atoms with Crippen LogP contribution in [0.2, 0.25) is 0 Å². The van der Waals surface area contributed by atoms with Crippen molar-refractivity contribution in [1.29, 1.82) is 0 Å². The molecule has 0 unspecified atom stereocenters. The molecule has 0 fully saturated rings. The average molecular weight is 478 g/mol. The highest BCUT2D eigenvalue weighted by molar-refractivity contribution is 6.22. The zero-order valence-electron chi connectivity index (χ0n) is 18.6. The minimum absolute atomic E-state index is 0.0446. The summed E-state index contributed by atoms with van der Waals surface area (Å²) in [5, 5.41) is 19.6. The zero-order chi connectivity index (χ0) is 25.3. The van der Waals surface area contributed by atoms with Crippen LogP contribution in [0.3, 0.4) is 0 Å². The fourth-order valence-electron chi connectivity index (χ4n) is 4.61. The molecule has 0 radical (unpaired) electrons. The van der Waals surface area contributed by atoms with Gasteiger partial charge in [-0.25, -0.2) is 0 Å². The molecule has 0 aliphatic carbocycles. The molecule has 2 aromatic rings. The third kappa shape index (κ3) is 3.96. The van der Waals surface area contributed by atoms with Crippen LogP contribution in [-0.4, -0.2) is 68.7 Å². The number of imide groups is 2. The van der Waals surface area contributed by atoms with Gasteiger partial charge >= 0.3 is 11.9 Å². The molecule has 0 saturated carbocycles. The number of aliphatic carboxylic acids is 2. The lowest BCUT2D eigenvalue weighted by atomic mass is 9.79. The summed E-state index contributed by atoms with van der Waals surface area (Å²) >= 11 is 0. The predicted octanol–water partition coefficient (Wildman–Crippen LogP) is 2.29. The first-order valence-electron chi connectivity index (χ1n) is 11.1. The number of fused-ring (bicyclic) bond motifs is 2. The van der Waals surface area contributed by atoms with E-state index in [4.69, 9.17) is 0 Å². The monoisotopic (exact) mass is 478 g/mol. The second-order valence-corrected chi connectivity index (χ2v) is 8.51. The first kappa shape index (κ1) is 23.8. The molecule has 0 saturated heterocycles. The van der Waals surface area contributed by atoms with Gasteiger partial charge in [-0.05, 0) is 49.9 Å². The van der Waals surface area contributed by atoms with E-state index in [-0.39, 0.29) is 61.0 Å². The van der Waals surface area contributed by atoms with E-state index in [2.05, 4.69) is 0 Å². The molecule has 0 spiro atoms. The maximum atomic E-state index is 12.5. The topological polar surface area (TPSA) is 149 Å². The maximum absolute atomic E-state index is 12.5. The van der Waals surface area contributed by atoms with Gasteiger partial charge in [-0.3, -0.25) is 38.6 Å². The average Bonchev–Trinajstić information content (AvgIpc) is 3.23. The van der Waals surface area contributed by atoms with Gasteiger partial charge in [-0.15, -0.1) is 0 Å². The Labute approximate surface area is 199 Å². The van der Waals surface area contributed by atoms with Crippen LogP contribution in [0.15, 0.2) is 48.5 Å². The number of carboxylic acid groups (broad SMARTS) is 2. The van der Waals surface area contributed by atoms with Gasteiger partial charge in [0.15, 0.2) is 5.41 Å². The summed E-state index contributed by atoms with van der Waals surface area (Å²) < 4.78 is 0. The minimum atomic E-state index is -2.20. The Balaban J connectivity index is 1.40. The summed E-state index contributed by atoms with van der Waals surface area (Å²) in [5.41, 5.74) is -1.19. The van der Waals surface area contributed by atoms with Crippen LogP contribution in [0.1, 0.15) is 67.1 Å². The second kappa shape index (κ2) is 9.13. The molecule has 2 heterocycles. The largest absolute Gasteiger partial charge is 0.480 e. The molecule has 2 aliphatic heterocycles. The van der Waals surface area contributed by atoms with Gasteiger partial charge in [-0.1, -0.05) is 24.3 Å². The number of carbonyl (C=O) groups is 6. The number of hydrogen-bond donors (Lipinski definition) is 2. The first-order chi connectivity index (χ1) is 16.7. The molecule has 4 rings (SSSR count). The van der Waals surface area contributed by atoms with Gasteiger partial charge < -0.3 is 10.2 Å². The number of rotatable bonds is 10. The zero-order valence-corrected chi connectivity index (χ0v) is 18.6. The van der Waals surface area contributed by atoms with Gasteiger partial charge in [-0.2, -0.15) is 0 Å². The summed E-state index contributed by atoms with van der Waals surface area (Å²) in [6, 6.07) is 12.6. The van der Waals surface area contributed by atoms with E-state index < -0.39 is 41.0 Å². The lowest BCUT2D eigenvalue weighted by molar-refractivity contribution is -0.166. The summed E-state index contributed by atoms with van der Waals surface area (Å²) in [7, 11) is 0. The standard InChI is InChI=1S/C25H22N2O8/c28-19-15-7-1-2-8-16(15)20(29)26(19)13-5-11-25(23(32)33,24(34)35)12-6-14-27-21(30)17-9-3-4-10-18(17)22(27)31/h1-4,7-10H,5-6,11-14H2,(H,32,33)(H,34,35). The molecule has 2 aliphatic rings. The van der Waals surface area contributed by atoms with Crippen LogP contribution in [0, 0.1) is 5.41 Å². The minimum Gasteiger partial charge on any atom is -0.480 e. The Morgan fingerprint density at radius 3 is 1.14 bits per heavy atom. The molecule has 0 atom stereocenters. The van der Waals surface area contributed by atoms with Crippen molar-refractivity contribution < 1.29 is 39.0 Å². The summed E-state index contributed by atoms with van der Waals surface area (Å²) in [6.07, 6.45) is -0.769. The molecule has 2 N–H and O–H groups in total. The Morgan fingerprint density at radius 2 is 0.886 bits per heavy atom. The van der Waals surface area contributed by atoms with Crippen molar-refractivity contribution in [3.05, 3.63) is 70.8 Å². The summed E-state index contributed by atoms with van der Waals surface area (Å²) in [5.74, 6) is -5.15. The Hall–Kier alpha value is -4.34. The fraction of sp³-hybridized carbons (Fsp3) is 0.280. The number of nitrogens with zero attached hydrogens (tertiary/aromatic N) is 2. The Kier molecular flexibility index (Phi) is 6.21. The summed E-state index contributed by atoms with van der Waals surface area (Å²) in [4.78, 5) is 76.1. The van der Waals surface area contributed by atoms with Crippen molar-refractivity contribution >= 4 is 35.6 Å². The van der Waals surface area contributed by atoms with E-state index in [1.165, 1.54) is 24.3 Å². The van der Waals surface area contributed by atoms with Crippen LogP contribution in [0.4, 0.5) is 0 Å². The first-order valence-corrected chi connectivity index (χ1v) is 11.1. The smallest absolute Gasteiger partial charge is 0.321 e. The molecule has 4 amide bonds. The molecule has 180 valence electrons. The lowest BCUT2D eigenvalue weighted by Gasteiger charge is -2.26. The molecule has 10 heteroatoms. The Morgan fingerprint density at radius 1 is 0.600 bits per heavy atom. The Bertz CT molecular complexity index is 1100. The lowest BCUT2D eigenvalue weighted by Crippen LogP contribution is -2.41. The van der Waals surface area contributed by atoms with E-state index >= 15 is 0 Å². The van der Waals surface area contributed by atoms with Crippen molar-refractivity contribution in [1.82, 2.24) is 9.80 Å². The van der Waals surface area contributed by atoms with Gasteiger partial charge in [0, 0.05) is 13.1 Å². The molecular formula is C25H22N2O8. The van der Waals surface area contributed by atoms with Gasteiger partial charge in [0.05, 0.1) is 22.3 Å². The fourth-order valence-corrected chi connectivity index (χ4v) is 4.61. The third-order valence-corrected chi connectivity index (χ3v) is 6.55. The highest BCUT2D eigenvalue weighted by Gasteiger charge is 2.46. The van der Waals surface area contributed by atoms with Crippen LogP contribution in [0.25, 0.3) is 0 Å². The molecule has 35 heavy (non-hydrogen) atoms. The number of carboxylic acids is 2. The van der Waals surface area contributed by atoms with Gasteiger partial charge in [0.2, 0.25) is 0 Å². The van der Waals surface area contributed by atoms with E-state index in [9.17, 15) is 39.0 Å². The van der Waals surface area contributed by atoms with E-state index in [0.29, 0.717) is 0 Å². The third-order valence-electron chi connectivity index (χ3n) is 6.55. The predicted molar refractivity (Wildman–Crippen MR) is 120 cm³/mol. The number of amides is 4. The number of benzene rings is 2. The van der Waals surface area contributed by atoms with Gasteiger partial charge in [0.25, 0.3) is 23.6 Å². The van der Waals surface area contributed by atoms with E-state index in [0.717, 1.165) is 9.80 Å². The van der Waals surface area contributed by atoms with E-state index in [1.54, 1.807) is 24.3 Å².